The minimum absolute atomic E-state index is 0.468. The summed E-state index contributed by atoms with van der Waals surface area (Å²) in [6.45, 7) is 7.15. The van der Waals surface area contributed by atoms with Crippen LogP contribution < -0.4 is 0 Å². The number of hydrogen-bond donors (Lipinski definition) is 0. The number of unbranched alkanes of at least 4 members (excludes halogenated alkanes) is 1. The SMILES string of the molecule is C=C(C#Cc1ccccc1)C(C)(CCc1ccccc1)OCCCCc1ccccc1. The monoisotopic (exact) mass is 408 g/mol. The van der Waals surface area contributed by atoms with Crippen LogP contribution in [0.4, 0.5) is 0 Å². The fourth-order valence-electron chi connectivity index (χ4n) is 3.51. The van der Waals surface area contributed by atoms with Crippen molar-refractivity contribution in [2.45, 2.75) is 44.6 Å². The van der Waals surface area contributed by atoms with Gasteiger partial charge in [0.15, 0.2) is 0 Å². The van der Waals surface area contributed by atoms with E-state index in [0.717, 1.165) is 43.2 Å². The topological polar surface area (TPSA) is 9.23 Å². The maximum absolute atomic E-state index is 6.44. The van der Waals surface area contributed by atoms with Crippen molar-refractivity contribution in [3.05, 3.63) is 120 Å². The van der Waals surface area contributed by atoms with Crippen LogP contribution in [0.15, 0.2) is 103 Å². The Morgan fingerprint density at radius 1 is 0.774 bits per heavy atom. The maximum Gasteiger partial charge on any atom is 0.0977 e. The minimum Gasteiger partial charge on any atom is -0.370 e. The van der Waals surface area contributed by atoms with E-state index in [1.54, 1.807) is 0 Å². The normalized spacial score (nSPS) is 12.4. The predicted molar refractivity (Wildman–Crippen MR) is 131 cm³/mol. The zero-order valence-electron chi connectivity index (χ0n) is 18.5. The van der Waals surface area contributed by atoms with Crippen molar-refractivity contribution < 1.29 is 4.74 Å². The molecule has 0 N–H and O–H groups in total. The highest BCUT2D eigenvalue weighted by Crippen LogP contribution is 2.27. The molecule has 0 saturated carbocycles. The molecular formula is C30H32O. The summed E-state index contributed by atoms with van der Waals surface area (Å²) in [6.07, 6.45) is 5.02. The van der Waals surface area contributed by atoms with Crippen molar-refractivity contribution in [2.24, 2.45) is 0 Å². The quantitative estimate of drug-likeness (QED) is 0.259. The fourth-order valence-corrected chi connectivity index (χ4v) is 3.51. The Hall–Kier alpha value is -3.08. The number of hydrogen-bond acceptors (Lipinski definition) is 1. The van der Waals surface area contributed by atoms with Crippen LogP contribution in [0, 0.1) is 11.8 Å². The van der Waals surface area contributed by atoms with Crippen molar-refractivity contribution in [3.8, 4) is 11.8 Å². The van der Waals surface area contributed by atoms with E-state index in [-0.39, 0.29) is 0 Å². The summed E-state index contributed by atoms with van der Waals surface area (Å²) in [5, 5.41) is 0. The Morgan fingerprint density at radius 2 is 1.32 bits per heavy atom. The maximum atomic E-state index is 6.44. The zero-order chi connectivity index (χ0) is 21.8. The second-order valence-electron chi connectivity index (χ2n) is 8.10. The summed E-state index contributed by atoms with van der Waals surface area (Å²) < 4.78 is 6.44. The van der Waals surface area contributed by atoms with Gasteiger partial charge >= 0.3 is 0 Å². The van der Waals surface area contributed by atoms with Crippen molar-refractivity contribution in [1.29, 1.82) is 0 Å². The summed E-state index contributed by atoms with van der Waals surface area (Å²) in [6, 6.07) is 31.2. The molecule has 1 heteroatoms. The molecule has 0 aliphatic carbocycles. The molecular weight excluding hydrogens is 376 g/mol. The molecule has 0 heterocycles. The summed E-state index contributed by atoms with van der Waals surface area (Å²) in [5.41, 5.74) is 4.06. The van der Waals surface area contributed by atoms with E-state index in [0.29, 0.717) is 6.61 Å². The number of rotatable bonds is 10. The lowest BCUT2D eigenvalue weighted by atomic mass is 9.89. The molecule has 3 rings (SSSR count). The Balaban J connectivity index is 1.60. The minimum atomic E-state index is -0.468. The number of benzene rings is 3. The molecule has 0 aliphatic heterocycles. The van der Waals surface area contributed by atoms with Crippen LogP contribution in [-0.4, -0.2) is 12.2 Å². The van der Waals surface area contributed by atoms with Crippen LogP contribution in [0.2, 0.25) is 0 Å². The Labute approximate surface area is 187 Å². The Kier molecular flexibility index (Phi) is 8.71. The van der Waals surface area contributed by atoms with Crippen molar-refractivity contribution >= 4 is 0 Å². The fraction of sp³-hybridized carbons (Fsp3) is 0.267. The molecule has 0 aliphatic rings. The molecule has 0 radical (unpaired) electrons. The van der Waals surface area contributed by atoms with E-state index < -0.39 is 5.60 Å². The molecule has 0 spiro atoms. The standard InChI is InChI=1S/C30H32O/c1-26(21-22-28-16-8-4-9-17-28)30(2,24-23-29-18-10-5-11-19-29)31-25-13-12-20-27-14-6-3-7-15-27/h3-11,14-19H,1,12-13,20,23-25H2,2H3. The molecule has 1 nitrogen and oxygen atoms in total. The van der Waals surface area contributed by atoms with Gasteiger partial charge in [-0.3, -0.25) is 0 Å². The lowest BCUT2D eigenvalue weighted by Gasteiger charge is -2.30. The van der Waals surface area contributed by atoms with Gasteiger partial charge in [0.2, 0.25) is 0 Å². The summed E-state index contributed by atoms with van der Waals surface area (Å²) in [4.78, 5) is 0. The second-order valence-corrected chi connectivity index (χ2v) is 8.10. The summed E-state index contributed by atoms with van der Waals surface area (Å²) >= 11 is 0. The third-order valence-electron chi connectivity index (χ3n) is 5.63. The Bertz CT molecular complexity index is 980. The average Bonchev–Trinajstić information content (AvgIpc) is 2.83. The molecule has 1 atom stereocenters. The van der Waals surface area contributed by atoms with Gasteiger partial charge in [-0.2, -0.15) is 0 Å². The van der Waals surface area contributed by atoms with Gasteiger partial charge < -0.3 is 4.74 Å². The van der Waals surface area contributed by atoms with Gasteiger partial charge in [0, 0.05) is 17.7 Å². The van der Waals surface area contributed by atoms with E-state index in [1.165, 1.54) is 11.1 Å². The van der Waals surface area contributed by atoms with Crippen LogP contribution >= 0.6 is 0 Å². The smallest absolute Gasteiger partial charge is 0.0977 e. The van der Waals surface area contributed by atoms with E-state index in [4.69, 9.17) is 4.74 Å². The predicted octanol–water partition coefficient (Wildman–Crippen LogP) is 7.03. The first kappa shape index (κ1) is 22.6. The first-order valence-corrected chi connectivity index (χ1v) is 11.1. The van der Waals surface area contributed by atoms with Crippen molar-refractivity contribution in [3.63, 3.8) is 0 Å². The van der Waals surface area contributed by atoms with Gasteiger partial charge in [-0.25, -0.2) is 0 Å². The third kappa shape index (κ3) is 7.59. The van der Waals surface area contributed by atoms with Crippen molar-refractivity contribution in [1.82, 2.24) is 0 Å². The summed E-state index contributed by atoms with van der Waals surface area (Å²) in [5.74, 6) is 6.51. The van der Waals surface area contributed by atoms with E-state index in [9.17, 15) is 0 Å². The van der Waals surface area contributed by atoms with E-state index >= 15 is 0 Å². The first-order valence-electron chi connectivity index (χ1n) is 11.1. The molecule has 0 aromatic heterocycles. The van der Waals surface area contributed by atoms with Gasteiger partial charge in [-0.15, -0.1) is 0 Å². The molecule has 0 fully saturated rings. The number of aryl methyl sites for hydroxylation is 2. The van der Waals surface area contributed by atoms with Crippen molar-refractivity contribution in [2.75, 3.05) is 6.61 Å². The molecule has 3 aromatic rings. The van der Waals surface area contributed by atoms with Crippen LogP contribution in [-0.2, 0) is 17.6 Å². The highest BCUT2D eigenvalue weighted by Gasteiger charge is 2.27. The van der Waals surface area contributed by atoms with E-state index in [1.807, 2.05) is 30.3 Å². The third-order valence-corrected chi connectivity index (χ3v) is 5.63. The zero-order valence-corrected chi connectivity index (χ0v) is 18.5. The highest BCUT2D eigenvalue weighted by atomic mass is 16.5. The molecule has 158 valence electrons. The Morgan fingerprint density at radius 3 is 1.94 bits per heavy atom. The van der Waals surface area contributed by atoms with Crippen LogP contribution in [0.25, 0.3) is 0 Å². The second kappa shape index (κ2) is 11.9. The van der Waals surface area contributed by atoms with Gasteiger partial charge in [0.05, 0.1) is 5.60 Å². The van der Waals surface area contributed by atoms with Gasteiger partial charge in [-0.05, 0) is 62.3 Å². The largest absolute Gasteiger partial charge is 0.370 e. The van der Waals surface area contributed by atoms with Crippen LogP contribution in [0.3, 0.4) is 0 Å². The van der Waals surface area contributed by atoms with E-state index in [2.05, 4.69) is 86.0 Å². The molecule has 0 bridgehead atoms. The lowest BCUT2D eigenvalue weighted by molar-refractivity contribution is -0.00733. The highest BCUT2D eigenvalue weighted by molar-refractivity contribution is 5.42. The molecule has 3 aromatic carbocycles. The van der Waals surface area contributed by atoms with Crippen LogP contribution in [0.5, 0.6) is 0 Å². The average molecular weight is 409 g/mol. The first-order chi connectivity index (χ1) is 15.2. The molecule has 1 unspecified atom stereocenters. The van der Waals surface area contributed by atoms with Gasteiger partial charge in [0.1, 0.15) is 0 Å². The molecule has 31 heavy (non-hydrogen) atoms. The molecule has 0 amide bonds. The molecule has 0 saturated heterocycles. The van der Waals surface area contributed by atoms with Crippen LogP contribution in [0.1, 0.15) is 42.9 Å². The lowest BCUT2D eigenvalue weighted by Crippen LogP contribution is -2.32. The number of ether oxygens (including phenoxy) is 1. The van der Waals surface area contributed by atoms with Gasteiger partial charge in [0.25, 0.3) is 0 Å². The summed E-state index contributed by atoms with van der Waals surface area (Å²) in [7, 11) is 0. The van der Waals surface area contributed by atoms with Gasteiger partial charge in [-0.1, -0.05) is 97.3 Å².